The molecule has 124 valence electrons. The molecule has 0 aromatic rings. The molecule has 0 aromatic heterocycles. The van der Waals surface area contributed by atoms with Crippen molar-refractivity contribution in [1.29, 1.82) is 0 Å². The van der Waals surface area contributed by atoms with Crippen molar-refractivity contribution < 1.29 is 14.6 Å². The molecule has 22 heavy (non-hydrogen) atoms. The quantitative estimate of drug-likeness (QED) is 0.723. The molecule has 1 saturated heterocycles. The maximum absolute atomic E-state index is 11.8. The largest absolute Gasteiger partial charge is 0.446 e. The van der Waals surface area contributed by atoms with Gasteiger partial charge in [-0.25, -0.2) is 4.79 Å². The Balaban J connectivity index is 1.64. The number of carbonyl (C=O) groups is 1. The van der Waals surface area contributed by atoms with Crippen LogP contribution in [0.5, 0.6) is 0 Å². The molecule has 7 unspecified atom stereocenters. The molecule has 4 fully saturated rings. The zero-order chi connectivity index (χ0) is 15.5. The van der Waals surface area contributed by atoms with E-state index >= 15 is 0 Å². The summed E-state index contributed by atoms with van der Waals surface area (Å²) in [5.74, 6) is 2.00. The highest BCUT2D eigenvalue weighted by Gasteiger charge is 2.60. The summed E-state index contributed by atoms with van der Waals surface area (Å²) in [5.41, 5.74) is 0.237. The zero-order valence-corrected chi connectivity index (χ0v) is 13.8. The molecule has 2 N–H and O–H groups in total. The second kappa shape index (κ2) is 4.86. The molecule has 1 heterocycles. The lowest BCUT2D eigenvalue weighted by atomic mass is 9.49. The fourth-order valence-corrected chi connectivity index (χ4v) is 6.54. The molecular weight excluding hydrogens is 278 g/mol. The number of alkyl carbamates (subject to hydrolysis) is 1. The van der Waals surface area contributed by atoms with Crippen molar-refractivity contribution in [3.63, 3.8) is 0 Å². The van der Waals surface area contributed by atoms with Crippen LogP contribution < -0.4 is 5.32 Å². The van der Waals surface area contributed by atoms with Gasteiger partial charge in [0.05, 0.1) is 6.10 Å². The van der Waals surface area contributed by atoms with Crippen LogP contribution in [0, 0.1) is 28.6 Å². The Kier molecular flexibility index (Phi) is 3.27. The van der Waals surface area contributed by atoms with Crippen molar-refractivity contribution >= 4 is 6.09 Å². The molecule has 4 rings (SSSR count). The minimum Gasteiger partial charge on any atom is -0.446 e. The smallest absolute Gasteiger partial charge is 0.407 e. The van der Waals surface area contributed by atoms with Gasteiger partial charge in [-0.15, -0.1) is 0 Å². The summed E-state index contributed by atoms with van der Waals surface area (Å²) in [4.78, 5) is 11.8. The van der Waals surface area contributed by atoms with Gasteiger partial charge in [0.15, 0.2) is 0 Å². The number of nitrogens with one attached hydrogen (secondary N) is 1. The summed E-state index contributed by atoms with van der Waals surface area (Å²) in [6.07, 6.45) is 7.37. The Hall–Kier alpha value is -0.770. The summed E-state index contributed by atoms with van der Waals surface area (Å²) in [6.45, 7) is 5.40. The number of aliphatic hydroxyl groups excluding tert-OH is 1. The maximum atomic E-state index is 11.8. The first kappa shape index (κ1) is 14.8. The highest BCUT2D eigenvalue weighted by molar-refractivity contribution is 5.67. The third kappa shape index (κ3) is 1.88. The van der Waals surface area contributed by atoms with Crippen molar-refractivity contribution in [2.24, 2.45) is 28.6 Å². The summed E-state index contributed by atoms with van der Waals surface area (Å²) in [7, 11) is 0. The molecule has 7 atom stereocenters. The van der Waals surface area contributed by atoms with Gasteiger partial charge in [0, 0.05) is 12.0 Å². The van der Waals surface area contributed by atoms with Crippen molar-refractivity contribution in [2.45, 2.75) is 71.0 Å². The van der Waals surface area contributed by atoms with E-state index in [0.29, 0.717) is 17.8 Å². The van der Waals surface area contributed by atoms with Gasteiger partial charge in [-0.1, -0.05) is 13.8 Å². The molecule has 3 saturated carbocycles. The minimum atomic E-state index is -0.232. The van der Waals surface area contributed by atoms with E-state index in [1.54, 1.807) is 0 Å². The molecule has 4 aliphatic rings. The number of fused-ring (bicyclic) bond motifs is 5. The molecular formula is C18H29NO3. The Bertz CT molecular complexity index is 481. The Morgan fingerprint density at radius 2 is 1.82 bits per heavy atom. The number of hydrogen-bond acceptors (Lipinski definition) is 3. The average Bonchev–Trinajstić information content (AvgIpc) is 2.68. The zero-order valence-electron chi connectivity index (χ0n) is 13.8. The predicted molar refractivity (Wildman–Crippen MR) is 83.3 cm³/mol. The van der Waals surface area contributed by atoms with Crippen LogP contribution in [0.15, 0.2) is 0 Å². The number of amides is 1. The molecule has 0 bridgehead atoms. The summed E-state index contributed by atoms with van der Waals surface area (Å²) < 4.78 is 5.73. The Morgan fingerprint density at radius 3 is 2.64 bits per heavy atom. The van der Waals surface area contributed by atoms with Crippen molar-refractivity contribution in [2.75, 3.05) is 6.54 Å². The fraction of sp³-hybridized carbons (Fsp3) is 0.944. The van der Waals surface area contributed by atoms with Gasteiger partial charge in [0.2, 0.25) is 0 Å². The van der Waals surface area contributed by atoms with Crippen LogP contribution in [-0.2, 0) is 4.74 Å². The lowest BCUT2D eigenvalue weighted by Crippen LogP contribution is -2.54. The Morgan fingerprint density at radius 1 is 1.05 bits per heavy atom. The van der Waals surface area contributed by atoms with Gasteiger partial charge < -0.3 is 15.2 Å². The maximum Gasteiger partial charge on any atom is 0.407 e. The van der Waals surface area contributed by atoms with E-state index in [-0.39, 0.29) is 29.1 Å². The molecule has 1 amide bonds. The van der Waals surface area contributed by atoms with E-state index in [1.807, 2.05) is 0 Å². The molecule has 4 heteroatoms. The van der Waals surface area contributed by atoms with Crippen LogP contribution in [0.4, 0.5) is 4.79 Å². The number of ether oxygens (including phenoxy) is 1. The molecule has 0 spiro atoms. The third-order valence-electron chi connectivity index (χ3n) is 7.91. The van der Waals surface area contributed by atoms with Gasteiger partial charge >= 0.3 is 6.09 Å². The van der Waals surface area contributed by atoms with E-state index in [2.05, 4.69) is 19.2 Å². The number of aliphatic hydroxyl groups is 1. The summed E-state index contributed by atoms with van der Waals surface area (Å²) in [6, 6.07) is 0. The van der Waals surface area contributed by atoms with Crippen LogP contribution in [0.3, 0.4) is 0 Å². The first-order valence-electron chi connectivity index (χ1n) is 9.08. The SMILES string of the molecule is CC12CCC3C(CCC4OC(=O)NCCC43C)C1CCC2O. The standard InChI is InChI=1S/C18H29NO3/c1-17-8-7-13-11(12(17)4-5-14(17)20)3-6-15-18(13,2)9-10-19-16(21)22-15/h11-15,20H,3-10H2,1-2H3,(H,19,21). The van der Waals surface area contributed by atoms with Gasteiger partial charge in [-0.3, -0.25) is 0 Å². The summed E-state index contributed by atoms with van der Waals surface area (Å²) in [5, 5.41) is 13.4. The summed E-state index contributed by atoms with van der Waals surface area (Å²) >= 11 is 0. The number of carbonyl (C=O) groups excluding carboxylic acids is 1. The first-order chi connectivity index (χ1) is 10.4. The lowest BCUT2D eigenvalue weighted by Gasteiger charge is -2.57. The second-order valence-electron chi connectivity index (χ2n) is 8.67. The molecule has 3 aliphatic carbocycles. The second-order valence-corrected chi connectivity index (χ2v) is 8.67. The van der Waals surface area contributed by atoms with Crippen LogP contribution in [0.1, 0.15) is 58.8 Å². The van der Waals surface area contributed by atoms with E-state index in [4.69, 9.17) is 4.74 Å². The van der Waals surface area contributed by atoms with Crippen molar-refractivity contribution in [1.82, 2.24) is 5.32 Å². The normalized spacial score (nSPS) is 54.3. The molecule has 0 aromatic carbocycles. The highest BCUT2D eigenvalue weighted by Crippen LogP contribution is 2.63. The van der Waals surface area contributed by atoms with Crippen molar-refractivity contribution in [3.05, 3.63) is 0 Å². The van der Waals surface area contributed by atoms with Gasteiger partial charge in [-0.2, -0.15) is 0 Å². The molecule has 1 aliphatic heterocycles. The van der Waals surface area contributed by atoms with Crippen LogP contribution in [0.2, 0.25) is 0 Å². The highest BCUT2D eigenvalue weighted by atomic mass is 16.6. The number of rotatable bonds is 0. The molecule has 0 radical (unpaired) electrons. The van der Waals surface area contributed by atoms with Crippen LogP contribution in [0.25, 0.3) is 0 Å². The van der Waals surface area contributed by atoms with Crippen LogP contribution in [-0.4, -0.2) is 30.0 Å². The van der Waals surface area contributed by atoms with E-state index in [0.717, 1.165) is 38.6 Å². The monoisotopic (exact) mass is 307 g/mol. The Labute approximate surface area is 133 Å². The predicted octanol–water partition coefficient (Wildman–Crippen LogP) is 3.09. The minimum absolute atomic E-state index is 0.0759. The number of hydrogen-bond donors (Lipinski definition) is 2. The van der Waals surface area contributed by atoms with Crippen molar-refractivity contribution in [3.8, 4) is 0 Å². The van der Waals surface area contributed by atoms with E-state index in [1.165, 1.54) is 12.8 Å². The van der Waals surface area contributed by atoms with Crippen LogP contribution >= 0.6 is 0 Å². The molecule has 4 nitrogen and oxygen atoms in total. The van der Waals surface area contributed by atoms with Gasteiger partial charge in [0.25, 0.3) is 0 Å². The van der Waals surface area contributed by atoms with E-state index < -0.39 is 0 Å². The average molecular weight is 307 g/mol. The topological polar surface area (TPSA) is 58.6 Å². The lowest BCUT2D eigenvalue weighted by molar-refractivity contribution is -0.132. The van der Waals surface area contributed by atoms with Gasteiger partial charge in [-0.05, 0) is 68.1 Å². The third-order valence-corrected chi connectivity index (χ3v) is 7.91. The van der Waals surface area contributed by atoms with E-state index in [9.17, 15) is 9.90 Å². The van der Waals surface area contributed by atoms with Gasteiger partial charge in [0.1, 0.15) is 6.10 Å². The first-order valence-corrected chi connectivity index (χ1v) is 9.08. The fourth-order valence-electron chi connectivity index (χ4n) is 6.54.